The van der Waals surface area contributed by atoms with Crippen LogP contribution in [0.4, 0.5) is 0 Å². The molecule has 1 aliphatic rings. The summed E-state index contributed by atoms with van der Waals surface area (Å²) < 4.78 is 0. The van der Waals surface area contributed by atoms with Gasteiger partial charge in [0.15, 0.2) is 0 Å². The number of hydrogen-bond acceptors (Lipinski definition) is 4. The number of nitrogens with zero attached hydrogens (tertiary/aromatic N) is 1. The maximum atomic E-state index is 10.0. The highest BCUT2D eigenvalue weighted by Gasteiger charge is 2.41. The molecule has 2 rings (SSSR count). The molecule has 0 bridgehead atoms. The molecule has 0 amide bonds. The van der Waals surface area contributed by atoms with Gasteiger partial charge in [0.25, 0.3) is 0 Å². The van der Waals surface area contributed by atoms with Gasteiger partial charge in [0.05, 0.1) is 11.1 Å². The van der Waals surface area contributed by atoms with E-state index >= 15 is 0 Å². The van der Waals surface area contributed by atoms with Crippen molar-refractivity contribution in [1.29, 1.82) is 0 Å². The van der Waals surface area contributed by atoms with Crippen LogP contribution in [0.25, 0.3) is 0 Å². The lowest BCUT2D eigenvalue weighted by Gasteiger charge is -2.30. The molecular weight excluding hydrogens is 208 g/mol. The molecule has 2 atom stereocenters. The van der Waals surface area contributed by atoms with Crippen LogP contribution in [0, 0.1) is 12.3 Å². The number of aliphatic hydroxyl groups excluding tert-OH is 1. The predicted molar refractivity (Wildman–Crippen MR) is 61.9 cm³/mol. The summed E-state index contributed by atoms with van der Waals surface area (Å²) in [5.74, 6) is 0. The van der Waals surface area contributed by atoms with Gasteiger partial charge in [-0.25, -0.2) is 4.98 Å². The highest BCUT2D eigenvalue weighted by molar-refractivity contribution is 7.09. The Kier molecular flexibility index (Phi) is 3.09. The van der Waals surface area contributed by atoms with Crippen LogP contribution in [0.1, 0.15) is 30.0 Å². The summed E-state index contributed by atoms with van der Waals surface area (Å²) in [6.07, 6.45) is 3.60. The molecule has 1 aromatic heterocycles. The molecule has 1 heterocycles. The minimum absolute atomic E-state index is 0.107. The number of aliphatic hydroxyl groups is 1. The van der Waals surface area contributed by atoms with Crippen LogP contribution in [-0.4, -0.2) is 22.7 Å². The number of aryl methyl sites for hydroxylation is 1. The quantitative estimate of drug-likeness (QED) is 0.821. The van der Waals surface area contributed by atoms with Crippen LogP contribution in [0.5, 0.6) is 0 Å². The molecule has 0 aromatic carbocycles. The molecule has 1 aliphatic carbocycles. The molecule has 84 valence electrons. The van der Waals surface area contributed by atoms with Gasteiger partial charge >= 0.3 is 0 Å². The summed E-state index contributed by atoms with van der Waals surface area (Å²) in [6, 6.07) is 0. The van der Waals surface area contributed by atoms with E-state index in [4.69, 9.17) is 5.73 Å². The van der Waals surface area contributed by atoms with Crippen LogP contribution in [0.3, 0.4) is 0 Å². The van der Waals surface area contributed by atoms with E-state index in [1.165, 1.54) is 0 Å². The molecule has 1 fully saturated rings. The second-order valence-corrected chi connectivity index (χ2v) is 5.48. The lowest BCUT2D eigenvalue weighted by molar-refractivity contribution is 0.0588. The normalized spacial score (nSPS) is 31.0. The van der Waals surface area contributed by atoms with Crippen molar-refractivity contribution in [3.05, 3.63) is 16.1 Å². The van der Waals surface area contributed by atoms with E-state index < -0.39 is 0 Å². The summed E-state index contributed by atoms with van der Waals surface area (Å²) >= 11 is 1.67. The molecule has 3 N–H and O–H groups in total. The van der Waals surface area contributed by atoms with Crippen LogP contribution in [0.15, 0.2) is 5.38 Å². The molecule has 15 heavy (non-hydrogen) atoms. The Morgan fingerprint density at radius 2 is 2.53 bits per heavy atom. The molecule has 1 saturated carbocycles. The van der Waals surface area contributed by atoms with E-state index in [0.29, 0.717) is 6.54 Å². The Hall–Kier alpha value is -0.450. The third-order valence-corrected chi connectivity index (χ3v) is 4.40. The topological polar surface area (TPSA) is 59.1 Å². The molecule has 0 radical (unpaired) electrons. The molecule has 0 spiro atoms. The van der Waals surface area contributed by atoms with Crippen LogP contribution in [-0.2, 0) is 6.42 Å². The van der Waals surface area contributed by atoms with Gasteiger partial charge in [-0.1, -0.05) is 6.42 Å². The van der Waals surface area contributed by atoms with E-state index in [0.717, 1.165) is 36.4 Å². The summed E-state index contributed by atoms with van der Waals surface area (Å²) in [6.45, 7) is 2.56. The Morgan fingerprint density at radius 3 is 3.00 bits per heavy atom. The fourth-order valence-electron chi connectivity index (χ4n) is 2.42. The molecule has 0 aliphatic heterocycles. The van der Waals surface area contributed by atoms with E-state index in [-0.39, 0.29) is 11.5 Å². The zero-order chi connectivity index (χ0) is 10.9. The molecule has 4 heteroatoms. The van der Waals surface area contributed by atoms with Crippen molar-refractivity contribution in [2.75, 3.05) is 6.54 Å². The van der Waals surface area contributed by atoms with Gasteiger partial charge in [0.1, 0.15) is 0 Å². The van der Waals surface area contributed by atoms with E-state index in [1.807, 2.05) is 6.92 Å². The molecule has 0 saturated heterocycles. The zero-order valence-corrected chi connectivity index (χ0v) is 9.89. The van der Waals surface area contributed by atoms with Gasteiger partial charge in [-0.15, -0.1) is 11.3 Å². The van der Waals surface area contributed by atoms with Crippen molar-refractivity contribution in [2.45, 2.75) is 38.7 Å². The minimum atomic E-state index is -0.244. The summed E-state index contributed by atoms with van der Waals surface area (Å²) in [5, 5.41) is 13.2. The van der Waals surface area contributed by atoms with Crippen molar-refractivity contribution >= 4 is 11.3 Å². The van der Waals surface area contributed by atoms with Crippen molar-refractivity contribution in [1.82, 2.24) is 4.98 Å². The summed E-state index contributed by atoms with van der Waals surface area (Å²) in [4.78, 5) is 4.45. The first-order chi connectivity index (χ1) is 7.16. The van der Waals surface area contributed by atoms with Crippen molar-refractivity contribution in [3.8, 4) is 0 Å². The smallest absolute Gasteiger partial charge is 0.0935 e. The number of rotatable bonds is 3. The van der Waals surface area contributed by atoms with E-state index in [9.17, 15) is 5.11 Å². The standard InChI is InChI=1S/C11H18N2OS/c1-8-6-15-10(13-8)5-11(7-12)4-2-3-9(11)14/h6,9,14H,2-5,7,12H2,1H3. The monoisotopic (exact) mass is 226 g/mol. The lowest BCUT2D eigenvalue weighted by atomic mass is 9.81. The first kappa shape index (κ1) is 11.0. The van der Waals surface area contributed by atoms with Crippen molar-refractivity contribution in [3.63, 3.8) is 0 Å². The molecule has 3 nitrogen and oxygen atoms in total. The Morgan fingerprint density at radius 1 is 1.73 bits per heavy atom. The number of aromatic nitrogens is 1. The van der Waals surface area contributed by atoms with Crippen LogP contribution in [0.2, 0.25) is 0 Å². The van der Waals surface area contributed by atoms with Gasteiger partial charge < -0.3 is 10.8 Å². The van der Waals surface area contributed by atoms with Crippen molar-refractivity contribution in [2.24, 2.45) is 11.1 Å². The fraction of sp³-hybridized carbons (Fsp3) is 0.727. The predicted octanol–water partition coefficient (Wildman–Crippen LogP) is 1.48. The maximum absolute atomic E-state index is 10.0. The van der Waals surface area contributed by atoms with Crippen LogP contribution < -0.4 is 5.73 Å². The second kappa shape index (κ2) is 4.20. The van der Waals surface area contributed by atoms with Gasteiger partial charge in [0, 0.05) is 29.5 Å². The third kappa shape index (κ3) is 2.07. The third-order valence-electron chi connectivity index (χ3n) is 3.44. The average molecular weight is 226 g/mol. The van der Waals surface area contributed by atoms with Gasteiger partial charge in [-0.05, 0) is 19.8 Å². The SMILES string of the molecule is Cc1csc(CC2(CN)CCCC2O)n1. The number of hydrogen-bond donors (Lipinski definition) is 2. The molecular formula is C11H18N2OS. The number of thiazole rings is 1. The van der Waals surface area contributed by atoms with Crippen molar-refractivity contribution < 1.29 is 5.11 Å². The first-order valence-corrected chi connectivity index (χ1v) is 6.33. The highest BCUT2D eigenvalue weighted by atomic mass is 32.1. The summed E-state index contributed by atoms with van der Waals surface area (Å²) in [5.41, 5.74) is 6.79. The van der Waals surface area contributed by atoms with Gasteiger partial charge in [-0.3, -0.25) is 0 Å². The Balaban J connectivity index is 2.14. The van der Waals surface area contributed by atoms with Gasteiger partial charge in [0.2, 0.25) is 0 Å². The highest BCUT2D eigenvalue weighted by Crippen LogP contribution is 2.40. The Bertz CT molecular complexity index is 339. The second-order valence-electron chi connectivity index (χ2n) is 4.53. The van der Waals surface area contributed by atoms with E-state index in [1.54, 1.807) is 11.3 Å². The largest absolute Gasteiger partial charge is 0.392 e. The van der Waals surface area contributed by atoms with E-state index in [2.05, 4.69) is 10.4 Å². The molecule has 2 unspecified atom stereocenters. The molecule has 1 aromatic rings. The minimum Gasteiger partial charge on any atom is -0.392 e. The van der Waals surface area contributed by atoms with Gasteiger partial charge in [-0.2, -0.15) is 0 Å². The summed E-state index contributed by atoms with van der Waals surface area (Å²) in [7, 11) is 0. The average Bonchev–Trinajstić information content (AvgIpc) is 2.76. The lowest BCUT2D eigenvalue weighted by Crippen LogP contribution is -2.39. The fourth-order valence-corrected chi connectivity index (χ4v) is 3.35. The Labute approximate surface area is 94.3 Å². The number of nitrogens with two attached hydrogens (primary N) is 1. The van der Waals surface area contributed by atoms with Crippen LogP contribution >= 0.6 is 11.3 Å². The first-order valence-electron chi connectivity index (χ1n) is 5.45. The zero-order valence-electron chi connectivity index (χ0n) is 9.07. The maximum Gasteiger partial charge on any atom is 0.0935 e.